The highest BCUT2D eigenvalue weighted by Crippen LogP contribution is 2.23. The molecule has 0 spiro atoms. The second-order valence-corrected chi connectivity index (χ2v) is 4.85. The first-order chi connectivity index (χ1) is 10.3. The molecule has 100 valence electrons. The maximum absolute atomic E-state index is 8.75. The first-order valence-electron chi connectivity index (χ1n) is 6.66. The highest BCUT2D eigenvalue weighted by Gasteiger charge is 2.03. The van der Waals surface area contributed by atoms with Crippen molar-refractivity contribution in [2.24, 2.45) is 0 Å². The van der Waals surface area contributed by atoms with Gasteiger partial charge in [0, 0.05) is 18.0 Å². The number of rotatable bonds is 2. The molecule has 3 aromatic rings. The molecule has 0 aliphatic carbocycles. The Labute approximate surface area is 123 Å². The number of nitriles is 1. The minimum absolute atomic E-state index is 0.468. The molecule has 2 aromatic carbocycles. The number of hydrogen-bond acceptors (Lipinski definition) is 3. The molecular formula is C18H13N3. The summed E-state index contributed by atoms with van der Waals surface area (Å²) in [5.74, 6) is 0.629. The summed E-state index contributed by atoms with van der Waals surface area (Å²) in [6.45, 7) is 2.08. The van der Waals surface area contributed by atoms with Gasteiger partial charge in [-0.3, -0.25) is 0 Å². The van der Waals surface area contributed by atoms with Crippen LogP contribution in [0, 0.1) is 18.3 Å². The van der Waals surface area contributed by atoms with Crippen LogP contribution in [-0.2, 0) is 0 Å². The number of benzene rings is 2. The molecule has 0 aliphatic rings. The van der Waals surface area contributed by atoms with Crippen molar-refractivity contribution in [3.63, 3.8) is 0 Å². The predicted octanol–water partition coefficient (Wildman–Crippen LogP) is 3.99. The standard InChI is InChI=1S/C18H13N3/c1-13-2-4-15(5-3-13)16-6-8-17(9-7-16)18-20-11-14(10-19)12-21-18/h2-9,11-12H,1H3. The summed E-state index contributed by atoms with van der Waals surface area (Å²) in [7, 11) is 0. The van der Waals surface area contributed by atoms with Gasteiger partial charge in [-0.2, -0.15) is 5.26 Å². The normalized spacial score (nSPS) is 10.1. The Morgan fingerprint density at radius 3 is 1.76 bits per heavy atom. The zero-order chi connectivity index (χ0) is 14.7. The second-order valence-electron chi connectivity index (χ2n) is 4.85. The van der Waals surface area contributed by atoms with Crippen molar-refractivity contribution >= 4 is 0 Å². The maximum atomic E-state index is 8.75. The van der Waals surface area contributed by atoms with Crippen LogP contribution in [0.5, 0.6) is 0 Å². The third-order valence-corrected chi connectivity index (χ3v) is 3.31. The summed E-state index contributed by atoms with van der Waals surface area (Å²) in [5, 5.41) is 8.75. The molecule has 1 heterocycles. The molecule has 0 atom stereocenters. The van der Waals surface area contributed by atoms with E-state index in [0.29, 0.717) is 11.4 Å². The highest BCUT2D eigenvalue weighted by molar-refractivity contribution is 5.67. The van der Waals surface area contributed by atoms with Crippen molar-refractivity contribution in [2.45, 2.75) is 6.92 Å². The van der Waals surface area contributed by atoms with Crippen LogP contribution < -0.4 is 0 Å². The predicted molar refractivity (Wildman–Crippen MR) is 82.4 cm³/mol. The third-order valence-electron chi connectivity index (χ3n) is 3.31. The van der Waals surface area contributed by atoms with E-state index < -0.39 is 0 Å². The van der Waals surface area contributed by atoms with E-state index in [0.717, 1.165) is 11.1 Å². The number of aromatic nitrogens is 2. The Kier molecular flexibility index (Phi) is 3.44. The van der Waals surface area contributed by atoms with Gasteiger partial charge in [-0.1, -0.05) is 54.1 Å². The monoisotopic (exact) mass is 271 g/mol. The van der Waals surface area contributed by atoms with Crippen molar-refractivity contribution in [2.75, 3.05) is 0 Å². The Morgan fingerprint density at radius 1 is 0.762 bits per heavy atom. The molecular weight excluding hydrogens is 258 g/mol. The zero-order valence-corrected chi connectivity index (χ0v) is 11.6. The fraction of sp³-hybridized carbons (Fsp3) is 0.0556. The molecule has 0 radical (unpaired) electrons. The van der Waals surface area contributed by atoms with Gasteiger partial charge < -0.3 is 0 Å². The van der Waals surface area contributed by atoms with Gasteiger partial charge in [-0.15, -0.1) is 0 Å². The van der Waals surface area contributed by atoms with Crippen LogP contribution in [0.15, 0.2) is 60.9 Å². The smallest absolute Gasteiger partial charge is 0.159 e. The molecule has 1 aromatic heterocycles. The molecule has 3 heteroatoms. The van der Waals surface area contributed by atoms with Gasteiger partial charge in [0.05, 0.1) is 5.56 Å². The molecule has 0 saturated heterocycles. The van der Waals surface area contributed by atoms with E-state index in [1.54, 1.807) is 0 Å². The van der Waals surface area contributed by atoms with E-state index in [-0.39, 0.29) is 0 Å². The maximum Gasteiger partial charge on any atom is 0.159 e. The van der Waals surface area contributed by atoms with Gasteiger partial charge >= 0.3 is 0 Å². The van der Waals surface area contributed by atoms with Crippen LogP contribution in [0.4, 0.5) is 0 Å². The fourth-order valence-electron chi connectivity index (χ4n) is 2.09. The summed E-state index contributed by atoms with van der Waals surface area (Å²) in [5.41, 5.74) is 5.01. The summed E-state index contributed by atoms with van der Waals surface area (Å²) >= 11 is 0. The summed E-state index contributed by atoms with van der Waals surface area (Å²) < 4.78 is 0. The number of hydrogen-bond donors (Lipinski definition) is 0. The molecule has 0 saturated carbocycles. The van der Waals surface area contributed by atoms with Crippen molar-refractivity contribution in [1.29, 1.82) is 5.26 Å². The van der Waals surface area contributed by atoms with Crippen molar-refractivity contribution in [3.05, 3.63) is 72.1 Å². The van der Waals surface area contributed by atoms with Crippen LogP contribution >= 0.6 is 0 Å². The quantitative estimate of drug-likeness (QED) is 0.708. The van der Waals surface area contributed by atoms with E-state index >= 15 is 0 Å². The fourth-order valence-corrected chi connectivity index (χ4v) is 2.09. The van der Waals surface area contributed by atoms with Gasteiger partial charge in [-0.25, -0.2) is 9.97 Å². The molecule has 0 amide bonds. The van der Waals surface area contributed by atoms with E-state index in [1.807, 2.05) is 18.2 Å². The van der Waals surface area contributed by atoms with Crippen LogP contribution in [0.1, 0.15) is 11.1 Å². The van der Waals surface area contributed by atoms with Crippen LogP contribution in [0.25, 0.3) is 22.5 Å². The molecule has 0 unspecified atom stereocenters. The Bertz CT molecular complexity index is 780. The number of nitrogens with zero attached hydrogens (tertiary/aromatic N) is 3. The molecule has 0 fully saturated rings. The van der Waals surface area contributed by atoms with Crippen LogP contribution in [0.3, 0.4) is 0 Å². The molecule has 21 heavy (non-hydrogen) atoms. The average molecular weight is 271 g/mol. The molecule has 0 aliphatic heterocycles. The topological polar surface area (TPSA) is 49.6 Å². The van der Waals surface area contributed by atoms with Crippen molar-refractivity contribution in [1.82, 2.24) is 9.97 Å². The average Bonchev–Trinajstić information content (AvgIpc) is 2.56. The van der Waals surface area contributed by atoms with E-state index in [9.17, 15) is 0 Å². The Morgan fingerprint density at radius 2 is 1.24 bits per heavy atom. The van der Waals surface area contributed by atoms with E-state index in [2.05, 4.69) is 53.3 Å². The minimum atomic E-state index is 0.468. The second kappa shape index (κ2) is 5.56. The van der Waals surface area contributed by atoms with Gasteiger partial charge in [0.1, 0.15) is 6.07 Å². The Balaban J connectivity index is 1.89. The van der Waals surface area contributed by atoms with Gasteiger partial charge in [0.2, 0.25) is 0 Å². The summed E-state index contributed by atoms with van der Waals surface area (Å²) in [6.07, 6.45) is 3.08. The minimum Gasteiger partial charge on any atom is -0.235 e. The Hall–Kier alpha value is -2.99. The highest BCUT2D eigenvalue weighted by atomic mass is 14.9. The van der Waals surface area contributed by atoms with Crippen LogP contribution in [-0.4, -0.2) is 9.97 Å². The molecule has 3 nitrogen and oxygen atoms in total. The largest absolute Gasteiger partial charge is 0.235 e. The van der Waals surface area contributed by atoms with Crippen molar-refractivity contribution < 1.29 is 0 Å². The summed E-state index contributed by atoms with van der Waals surface area (Å²) in [6, 6.07) is 18.6. The van der Waals surface area contributed by atoms with Gasteiger partial charge in [0.25, 0.3) is 0 Å². The van der Waals surface area contributed by atoms with E-state index in [4.69, 9.17) is 5.26 Å². The van der Waals surface area contributed by atoms with Crippen LogP contribution in [0.2, 0.25) is 0 Å². The lowest BCUT2D eigenvalue weighted by atomic mass is 10.0. The molecule has 0 N–H and O–H groups in total. The molecule has 0 bridgehead atoms. The lowest BCUT2D eigenvalue weighted by molar-refractivity contribution is 1.16. The third kappa shape index (κ3) is 2.80. The first kappa shape index (κ1) is 13.0. The lowest BCUT2D eigenvalue weighted by Crippen LogP contribution is -1.89. The van der Waals surface area contributed by atoms with E-state index in [1.165, 1.54) is 23.5 Å². The zero-order valence-electron chi connectivity index (χ0n) is 11.6. The SMILES string of the molecule is Cc1ccc(-c2ccc(-c3ncc(C#N)cn3)cc2)cc1. The molecule has 3 rings (SSSR count). The summed E-state index contributed by atoms with van der Waals surface area (Å²) in [4.78, 5) is 8.40. The number of aryl methyl sites for hydroxylation is 1. The first-order valence-corrected chi connectivity index (χ1v) is 6.66. The van der Waals surface area contributed by atoms with Gasteiger partial charge in [0.15, 0.2) is 5.82 Å². The van der Waals surface area contributed by atoms with Gasteiger partial charge in [-0.05, 0) is 18.1 Å². The lowest BCUT2D eigenvalue weighted by Gasteiger charge is -2.04. The van der Waals surface area contributed by atoms with Crippen molar-refractivity contribution in [3.8, 4) is 28.6 Å².